The summed E-state index contributed by atoms with van der Waals surface area (Å²) in [5, 5.41) is 21.0. The number of aliphatic hydroxyl groups excluding tert-OH is 1. The Morgan fingerprint density at radius 2 is 2.00 bits per heavy atom. The van der Waals surface area contributed by atoms with Crippen LogP contribution in [0.4, 0.5) is 10.2 Å². The third-order valence-electron chi connectivity index (χ3n) is 5.01. The molecule has 0 bridgehead atoms. The molecule has 3 rings (SSSR count). The van der Waals surface area contributed by atoms with Gasteiger partial charge in [0.15, 0.2) is 0 Å². The molecular weight excluding hydrogens is 373 g/mol. The van der Waals surface area contributed by atoms with E-state index in [4.69, 9.17) is 11.5 Å². The smallest absolute Gasteiger partial charge is 0.248 e. The summed E-state index contributed by atoms with van der Waals surface area (Å²) in [6.07, 6.45) is 7.01. The molecule has 150 valence electrons. The summed E-state index contributed by atoms with van der Waals surface area (Å²) in [6.45, 7) is 4.08. The Hall–Kier alpha value is -3.68. The number of allylic oxidation sites excluding steroid dienone is 1. The molecule has 8 heteroatoms. The summed E-state index contributed by atoms with van der Waals surface area (Å²) in [4.78, 5) is 11.3. The highest BCUT2D eigenvalue weighted by Crippen LogP contribution is 2.41. The Bertz CT molecular complexity index is 995. The maximum Gasteiger partial charge on any atom is 0.248 e. The quantitative estimate of drug-likeness (QED) is 0.421. The van der Waals surface area contributed by atoms with E-state index in [9.17, 15) is 14.3 Å². The normalized spacial score (nSPS) is 15.7. The first-order valence-corrected chi connectivity index (χ1v) is 9.04. The van der Waals surface area contributed by atoms with Crippen molar-refractivity contribution in [1.29, 1.82) is 0 Å². The Morgan fingerprint density at radius 1 is 1.24 bits per heavy atom. The summed E-state index contributed by atoms with van der Waals surface area (Å²) in [6, 6.07) is 7.15. The average Bonchev–Trinajstić information content (AvgIpc) is 2.69. The molecule has 1 amide bonds. The van der Waals surface area contributed by atoms with Gasteiger partial charge >= 0.3 is 0 Å². The fourth-order valence-corrected chi connectivity index (χ4v) is 3.12. The zero-order chi connectivity index (χ0) is 21.0. The van der Waals surface area contributed by atoms with E-state index >= 15 is 0 Å². The van der Waals surface area contributed by atoms with Crippen LogP contribution in [0.25, 0.3) is 11.3 Å². The van der Waals surface area contributed by atoms with Gasteiger partial charge in [0.25, 0.3) is 0 Å². The topological polar surface area (TPSA) is 127 Å². The first kappa shape index (κ1) is 20.1. The van der Waals surface area contributed by atoms with Gasteiger partial charge in [0.05, 0.1) is 11.2 Å². The highest BCUT2D eigenvalue weighted by molar-refractivity contribution is 5.94. The number of carbonyl (C=O) groups is 1. The van der Waals surface area contributed by atoms with E-state index in [1.54, 1.807) is 18.2 Å². The van der Waals surface area contributed by atoms with Gasteiger partial charge in [-0.15, -0.1) is 10.2 Å². The van der Waals surface area contributed by atoms with Crippen molar-refractivity contribution in [2.45, 2.75) is 24.8 Å². The number of amides is 1. The number of carbonyl (C=O) groups excluding carboxylic acids is 1. The molecule has 1 saturated carbocycles. The van der Waals surface area contributed by atoms with Crippen molar-refractivity contribution in [2.24, 2.45) is 11.5 Å². The van der Waals surface area contributed by atoms with Crippen LogP contribution in [0.15, 0.2) is 66.6 Å². The van der Waals surface area contributed by atoms with Crippen LogP contribution in [0.3, 0.4) is 0 Å². The number of nitrogens with one attached hydrogen (secondary N) is 1. The molecule has 0 radical (unpaired) electrons. The second kappa shape index (κ2) is 8.14. The Morgan fingerprint density at radius 3 is 2.55 bits per heavy atom. The highest BCUT2D eigenvalue weighted by atomic mass is 19.1. The number of hydrogen-bond donors (Lipinski definition) is 4. The minimum atomic E-state index is -0.647. The van der Waals surface area contributed by atoms with Crippen LogP contribution >= 0.6 is 0 Å². The number of halogens is 1. The lowest BCUT2D eigenvalue weighted by molar-refractivity contribution is 0.100. The summed E-state index contributed by atoms with van der Waals surface area (Å²) < 4.78 is 14.2. The molecule has 0 atom stereocenters. The maximum absolute atomic E-state index is 14.2. The molecule has 6 N–H and O–H groups in total. The molecule has 1 aliphatic carbocycles. The number of rotatable bonds is 7. The molecule has 7 nitrogen and oxygen atoms in total. The third-order valence-corrected chi connectivity index (χ3v) is 5.01. The van der Waals surface area contributed by atoms with Gasteiger partial charge in [-0.05, 0) is 61.2 Å². The summed E-state index contributed by atoms with van der Waals surface area (Å²) in [5.74, 6) is -0.712. The number of hydrogen-bond acceptors (Lipinski definition) is 6. The highest BCUT2D eigenvalue weighted by Gasteiger charge is 2.39. The van der Waals surface area contributed by atoms with E-state index in [2.05, 4.69) is 22.1 Å². The van der Waals surface area contributed by atoms with Crippen molar-refractivity contribution in [1.82, 2.24) is 10.2 Å². The van der Waals surface area contributed by atoms with Crippen LogP contribution in [-0.2, 0) is 0 Å². The van der Waals surface area contributed by atoms with E-state index in [-0.39, 0.29) is 22.6 Å². The molecular formula is C21H22FN5O2. The number of aromatic nitrogens is 2. The molecule has 0 unspecified atom stereocenters. The second-order valence-electron chi connectivity index (χ2n) is 6.87. The zero-order valence-corrected chi connectivity index (χ0v) is 15.7. The van der Waals surface area contributed by atoms with Crippen molar-refractivity contribution >= 4 is 11.7 Å². The molecule has 1 aliphatic rings. The predicted octanol–water partition coefficient (Wildman–Crippen LogP) is 3.19. The SMILES string of the molecule is C=C(/C=C\C(O)=C/N)C1(Nc2ccc(-c3cc(C(N)=O)ccc3F)nn2)CCC1. The van der Waals surface area contributed by atoms with Crippen LogP contribution in [0, 0.1) is 5.82 Å². The molecule has 29 heavy (non-hydrogen) atoms. The molecule has 2 aromatic rings. The van der Waals surface area contributed by atoms with Crippen molar-refractivity contribution in [3.8, 4) is 11.3 Å². The summed E-state index contributed by atoms with van der Waals surface area (Å²) in [5.41, 5.74) is 11.5. The van der Waals surface area contributed by atoms with Gasteiger partial charge in [0, 0.05) is 17.3 Å². The zero-order valence-electron chi connectivity index (χ0n) is 15.7. The first-order valence-electron chi connectivity index (χ1n) is 9.04. The molecule has 0 saturated heterocycles. The number of benzene rings is 1. The lowest BCUT2D eigenvalue weighted by Crippen LogP contribution is -2.46. The van der Waals surface area contributed by atoms with Crippen molar-refractivity contribution in [2.75, 3.05) is 5.32 Å². The number of primary amides is 1. The van der Waals surface area contributed by atoms with Gasteiger partial charge < -0.3 is 21.9 Å². The van der Waals surface area contributed by atoms with Crippen LogP contribution in [-0.4, -0.2) is 26.7 Å². The van der Waals surface area contributed by atoms with E-state index in [0.29, 0.717) is 5.82 Å². The van der Waals surface area contributed by atoms with E-state index < -0.39 is 17.3 Å². The molecule has 1 heterocycles. The average molecular weight is 395 g/mol. The van der Waals surface area contributed by atoms with Crippen LogP contribution < -0.4 is 16.8 Å². The third kappa shape index (κ3) is 4.26. The lowest BCUT2D eigenvalue weighted by atomic mass is 9.71. The van der Waals surface area contributed by atoms with Gasteiger partial charge in [-0.25, -0.2) is 4.39 Å². The largest absolute Gasteiger partial charge is 0.506 e. The van der Waals surface area contributed by atoms with E-state index in [1.807, 2.05) is 0 Å². The Labute approximate surface area is 167 Å². The number of nitrogens with zero attached hydrogens (tertiary/aromatic N) is 2. The maximum atomic E-state index is 14.2. The van der Waals surface area contributed by atoms with Crippen molar-refractivity contribution in [3.63, 3.8) is 0 Å². The van der Waals surface area contributed by atoms with Gasteiger partial charge in [-0.1, -0.05) is 12.7 Å². The van der Waals surface area contributed by atoms with Crippen molar-refractivity contribution in [3.05, 3.63) is 78.0 Å². The van der Waals surface area contributed by atoms with Crippen LogP contribution in [0.5, 0.6) is 0 Å². The van der Waals surface area contributed by atoms with Crippen LogP contribution in [0.2, 0.25) is 0 Å². The fraction of sp³-hybridized carbons (Fsp3) is 0.190. The number of aliphatic hydroxyl groups is 1. The van der Waals surface area contributed by atoms with E-state index in [0.717, 1.165) is 31.0 Å². The standard InChI is InChI=1S/C21H22FN5O2/c1-13(3-5-15(28)12-23)21(9-2-10-21)25-19-8-7-18(26-27-19)16-11-14(20(24)29)4-6-17(16)22/h3-8,11-12,28H,1-2,9-10,23H2,(H2,24,29)(H,25,27)/b5-3-,15-12+. The van der Waals surface area contributed by atoms with Crippen LogP contribution in [0.1, 0.15) is 29.6 Å². The molecule has 1 aromatic carbocycles. The second-order valence-corrected chi connectivity index (χ2v) is 6.87. The minimum Gasteiger partial charge on any atom is -0.506 e. The molecule has 1 fully saturated rings. The Balaban J connectivity index is 1.80. The van der Waals surface area contributed by atoms with Gasteiger partial charge in [0.2, 0.25) is 5.91 Å². The number of nitrogens with two attached hydrogens (primary N) is 2. The fourth-order valence-electron chi connectivity index (χ4n) is 3.12. The van der Waals surface area contributed by atoms with Gasteiger partial charge in [-0.2, -0.15) is 0 Å². The molecule has 0 aliphatic heterocycles. The Kier molecular flexibility index (Phi) is 5.63. The molecule has 0 spiro atoms. The molecule has 1 aromatic heterocycles. The summed E-state index contributed by atoms with van der Waals surface area (Å²) in [7, 11) is 0. The van der Waals surface area contributed by atoms with Gasteiger partial charge in [0.1, 0.15) is 17.4 Å². The van der Waals surface area contributed by atoms with Crippen molar-refractivity contribution < 1.29 is 14.3 Å². The first-order chi connectivity index (χ1) is 13.8. The number of anilines is 1. The predicted molar refractivity (Wildman–Crippen MR) is 109 cm³/mol. The summed E-state index contributed by atoms with van der Waals surface area (Å²) >= 11 is 0. The van der Waals surface area contributed by atoms with Gasteiger partial charge in [-0.3, -0.25) is 4.79 Å². The lowest BCUT2D eigenvalue weighted by Gasteiger charge is -2.43. The monoisotopic (exact) mass is 395 g/mol. The van der Waals surface area contributed by atoms with E-state index in [1.165, 1.54) is 24.3 Å². The minimum absolute atomic E-state index is 0.0509.